The Morgan fingerprint density at radius 2 is 2.15 bits per heavy atom. The molecule has 144 valence electrons. The van der Waals surface area contributed by atoms with Gasteiger partial charge in [-0.15, -0.1) is 23.1 Å². The van der Waals surface area contributed by atoms with E-state index in [9.17, 15) is 24.3 Å². The molecule has 2 aliphatic heterocycles. The van der Waals surface area contributed by atoms with Gasteiger partial charge in [0.1, 0.15) is 23.7 Å². The van der Waals surface area contributed by atoms with Gasteiger partial charge in [-0.1, -0.05) is 11.6 Å². The summed E-state index contributed by atoms with van der Waals surface area (Å²) in [6, 6.07) is 2.64. The number of esters is 1. The van der Waals surface area contributed by atoms with Crippen molar-refractivity contribution >= 4 is 58.5 Å². The number of carbonyl (C=O) groups is 4. The van der Waals surface area contributed by atoms with E-state index in [0.717, 1.165) is 9.78 Å². The number of β-lactam (4-membered cyclic amide) rings is 1. The molecular weight excluding hydrogens is 416 g/mol. The molecule has 0 bridgehead atoms. The number of amides is 2. The second-order valence-corrected chi connectivity index (χ2v) is 8.78. The van der Waals surface area contributed by atoms with Gasteiger partial charge in [0.05, 0.1) is 10.8 Å². The van der Waals surface area contributed by atoms with Crippen LogP contribution in [0.4, 0.5) is 0 Å². The summed E-state index contributed by atoms with van der Waals surface area (Å²) in [6.45, 7) is 1.04. The van der Waals surface area contributed by atoms with Gasteiger partial charge < -0.3 is 15.2 Å². The quantitative estimate of drug-likeness (QED) is 0.515. The lowest BCUT2D eigenvalue weighted by atomic mass is 10.0. The van der Waals surface area contributed by atoms with Gasteiger partial charge in [0.25, 0.3) is 5.91 Å². The molecule has 2 atom stereocenters. The number of fused-ring (bicyclic) bond motifs is 1. The number of hydrogen-bond donors (Lipinski definition) is 2. The third-order valence-electron chi connectivity index (χ3n) is 3.98. The van der Waals surface area contributed by atoms with Crippen LogP contribution >= 0.6 is 34.7 Å². The number of nitrogens with one attached hydrogen (secondary N) is 1. The van der Waals surface area contributed by atoms with E-state index in [0.29, 0.717) is 9.91 Å². The minimum Gasteiger partial charge on any atom is -0.477 e. The van der Waals surface area contributed by atoms with Crippen molar-refractivity contribution in [1.29, 1.82) is 0 Å². The number of ether oxygens (including phenoxy) is 1. The van der Waals surface area contributed by atoms with Gasteiger partial charge in [-0.25, -0.2) is 4.79 Å². The van der Waals surface area contributed by atoms with E-state index in [-0.39, 0.29) is 30.4 Å². The van der Waals surface area contributed by atoms with Gasteiger partial charge in [0, 0.05) is 23.1 Å². The maximum atomic E-state index is 12.5. The van der Waals surface area contributed by atoms with E-state index in [1.807, 2.05) is 0 Å². The number of carbonyl (C=O) groups excluding carboxylic acids is 3. The summed E-state index contributed by atoms with van der Waals surface area (Å²) in [4.78, 5) is 49.2. The van der Waals surface area contributed by atoms with Crippen LogP contribution in [0.2, 0.25) is 4.34 Å². The summed E-state index contributed by atoms with van der Waals surface area (Å²) in [7, 11) is 0. The van der Waals surface area contributed by atoms with Crippen LogP contribution in [0, 0.1) is 0 Å². The van der Waals surface area contributed by atoms with Gasteiger partial charge in [-0.3, -0.25) is 19.3 Å². The Kier molecular flexibility index (Phi) is 5.78. The molecule has 0 saturated carbocycles. The van der Waals surface area contributed by atoms with Crippen molar-refractivity contribution in [1.82, 2.24) is 10.2 Å². The van der Waals surface area contributed by atoms with Crippen LogP contribution in [-0.2, 0) is 30.3 Å². The number of thioether (sulfide) groups is 1. The topological polar surface area (TPSA) is 113 Å². The van der Waals surface area contributed by atoms with Crippen LogP contribution in [0.5, 0.6) is 0 Å². The van der Waals surface area contributed by atoms with Crippen LogP contribution in [-0.4, -0.2) is 57.5 Å². The summed E-state index contributed by atoms with van der Waals surface area (Å²) in [5, 5.41) is 11.6. The molecule has 2 aliphatic rings. The standard InChI is InChI=1S/C16H15ClN2O6S2/c1-7(20)25-5-8-6-26-15-12(14(22)19(15)13(8)16(23)24)18-11(21)4-9-2-3-10(17)27-9/h2-3,12,15H,4-6H2,1H3,(H,18,21)(H,23,24)/t12-,15-/m1/s1. The van der Waals surface area contributed by atoms with Crippen LogP contribution < -0.4 is 5.32 Å². The average Bonchev–Trinajstić information content (AvgIpc) is 3.01. The molecule has 0 radical (unpaired) electrons. The minimum atomic E-state index is -1.27. The van der Waals surface area contributed by atoms with Gasteiger partial charge in [-0.2, -0.15) is 0 Å². The Morgan fingerprint density at radius 1 is 1.41 bits per heavy atom. The van der Waals surface area contributed by atoms with Crippen LogP contribution in [0.25, 0.3) is 0 Å². The zero-order valence-electron chi connectivity index (χ0n) is 14.1. The Labute approximate surface area is 167 Å². The molecule has 0 unspecified atom stereocenters. The molecule has 0 aliphatic carbocycles. The van der Waals surface area contributed by atoms with E-state index in [1.54, 1.807) is 12.1 Å². The monoisotopic (exact) mass is 430 g/mol. The summed E-state index contributed by atoms with van der Waals surface area (Å²) < 4.78 is 5.45. The predicted octanol–water partition coefficient (Wildman–Crippen LogP) is 1.25. The number of hydrogen-bond acceptors (Lipinski definition) is 7. The van der Waals surface area contributed by atoms with Crippen molar-refractivity contribution in [3.8, 4) is 0 Å². The zero-order valence-corrected chi connectivity index (χ0v) is 16.4. The number of thiophene rings is 1. The smallest absolute Gasteiger partial charge is 0.352 e. The molecule has 2 N–H and O–H groups in total. The van der Waals surface area contributed by atoms with Crippen molar-refractivity contribution in [2.24, 2.45) is 0 Å². The molecule has 1 aromatic rings. The van der Waals surface area contributed by atoms with E-state index >= 15 is 0 Å². The van der Waals surface area contributed by atoms with E-state index in [2.05, 4.69) is 5.32 Å². The highest BCUT2D eigenvalue weighted by atomic mass is 35.5. The van der Waals surface area contributed by atoms with Crippen molar-refractivity contribution in [3.05, 3.63) is 32.6 Å². The van der Waals surface area contributed by atoms with Gasteiger partial charge >= 0.3 is 11.9 Å². The summed E-state index contributed by atoms with van der Waals surface area (Å²) >= 11 is 8.44. The fourth-order valence-corrected chi connectivity index (χ4v) is 5.23. The van der Waals surface area contributed by atoms with Crippen molar-refractivity contribution in [3.63, 3.8) is 0 Å². The van der Waals surface area contributed by atoms with Crippen LogP contribution in [0.1, 0.15) is 11.8 Å². The first-order chi connectivity index (χ1) is 12.8. The fourth-order valence-electron chi connectivity index (χ4n) is 2.81. The first-order valence-electron chi connectivity index (χ1n) is 7.85. The molecule has 3 heterocycles. The van der Waals surface area contributed by atoms with Crippen molar-refractivity contribution in [2.75, 3.05) is 12.4 Å². The van der Waals surface area contributed by atoms with Gasteiger partial charge in [-0.05, 0) is 12.1 Å². The Hall–Kier alpha value is -2.04. The minimum absolute atomic E-state index is 0.0951. The first kappa shape index (κ1) is 19.7. The Bertz CT molecular complexity index is 852. The molecule has 0 aromatic carbocycles. The third kappa shape index (κ3) is 4.12. The van der Waals surface area contributed by atoms with E-state index in [4.69, 9.17) is 16.3 Å². The number of aliphatic carboxylic acids is 1. The molecule has 1 aromatic heterocycles. The lowest BCUT2D eigenvalue weighted by Crippen LogP contribution is -2.70. The highest BCUT2D eigenvalue weighted by Gasteiger charge is 2.54. The number of halogens is 1. The maximum absolute atomic E-state index is 12.5. The predicted molar refractivity (Wildman–Crippen MR) is 99.4 cm³/mol. The summed E-state index contributed by atoms with van der Waals surface area (Å²) in [5.41, 5.74) is 0.172. The maximum Gasteiger partial charge on any atom is 0.352 e. The van der Waals surface area contributed by atoms with Gasteiger partial charge in [0.15, 0.2) is 0 Å². The third-order valence-corrected chi connectivity index (χ3v) is 6.55. The summed E-state index contributed by atoms with van der Waals surface area (Å²) in [6.07, 6.45) is 0.0951. The van der Waals surface area contributed by atoms with E-state index in [1.165, 1.54) is 30.0 Å². The lowest BCUT2D eigenvalue weighted by Gasteiger charge is -2.49. The molecule has 27 heavy (non-hydrogen) atoms. The molecule has 2 amide bonds. The first-order valence-corrected chi connectivity index (χ1v) is 10.1. The van der Waals surface area contributed by atoms with Crippen molar-refractivity contribution in [2.45, 2.75) is 24.8 Å². The molecule has 3 rings (SSSR count). The summed E-state index contributed by atoms with van der Waals surface area (Å²) in [5.74, 6) is -2.35. The SMILES string of the molecule is CC(=O)OCC1=C(C(=O)O)N2C(=O)[C@@H](NC(=O)Cc3ccc(Cl)s3)[C@H]2SC1. The second kappa shape index (κ2) is 7.91. The number of carboxylic acid groups (broad SMARTS) is 1. The van der Waals surface area contributed by atoms with Crippen LogP contribution in [0.15, 0.2) is 23.4 Å². The lowest BCUT2D eigenvalue weighted by molar-refractivity contribution is -0.151. The molecule has 0 spiro atoms. The molecule has 11 heteroatoms. The number of carboxylic acids is 1. The Morgan fingerprint density at radius 3 is 2.74 bits per heavy atom. The van der Waals surface area contributed by atoms with Crippen molar-refractivity contribution < 1.29 is 29.0 Å². The normalized spacial score (nSPS) is 21.4. The fraction of sp³-hybridized carbons (Fsp3) is 0.375. The highest BCUT2D eigenvalue weighted by Crippen LogP contribution is 2.40. The zero-order chi connectivity index (χ0) is 19.7. The Balaban J connectivity index is 1.68. The van der Waals surface area contributed by atoms with E-state index < -0.39 is 29.3 Å². The second-order valence-electron chi connectivity index (χ2n) is 5.88. The number of nitrogens with zero attached hydrogens (tertiary/aromatic N) is 1. The average molecular weight is 431 g/mol. The van der Waals surface area contributed by atoms with Gasteiger partial charge in [0.2, 0.25) is 5.91 Å². The molecule has 1 saturated heterocycles. The van der Waals surface area contributed by atoms with Crippen LogP contribution in [0.3, 0.4) is 0 Å². The molecule has 8 nitrogen and oxygen atoms in total. The number of rotatable bonds is 6. The largest absolute Gasteiger partial charge is 0.477 e. The highest BCUT2D eigenvalue weighted by molar-refractivity contribution is 8.00. The molecular formula is C16H15ClN2O6S2. The molecule has 1 fully saturated rings.